The zero-order valence-corrected chi connectivity index (χ0v) is 11.0. The lowest BCUT2D eigenvalue weighted by Crippen LogP contribution is -2.08. The molecule has 0 fully saturated rings. The van der Waals surface area contributed by atoms with Gasteiger partial charge >= 0.3 is 0 Å². The maximum Gasteiger partial charge on any atom is 0.182 e. The molecular weight excluding hydrogens is 382 g/mol. The van der Waals surface area contributed by atoms with Gasteiger partial charge in [-0.05, 0) is 26.0 Å². The van der Waals surface area contributed by atoms with Gasteiger partial charge in [0.1, 0.15) is 0 Å². The van der Waals surface area contributed by atoms with Gasteiger partial charge in [-0.15, -0.1) is 0 Å². The number of hydrogen-bond donors (Lipinski definition) is 0. The molecule has 66 valence electrons. The van der Waals surface area contributed by atoms with Crippen LogP contribution in [-0.2, 0) is 9.59 Å². The highest BCUT2D eigenvalue weighted by atomic mass is 128. The lowest BCUT2D eigenvalue weighted by atomic mass is 10.00. The zero-order valence-electron chi connectivity index (χ0n) is 6.73. The second kappa shape index (κ2) is 5.85. The molecule has 0 amide bonds. The molecule has 1 aliphatic carbocycles. The summed E-state index contributed by atoms with van der Waals surface area (Å²) in [6.45, 7) is 3.28. The minimum absolute atomic E-state index is 0.0582. The molecule has 0 spiro atoms. The van der Waals surface area contributed by atoms with E-state index < -0.39 is 0 Å². The highest BCUT2D eigenvalue weighted by Crippen LogP contribution is 2.09. The van der Waals surface area contributed by atoms with E-state index in [1.54, 1.807) is 13.8 Å². The minimum Gasteiger partial charge on any atom is -0.290 e. The average Bonchev–Trinajstić information content (AvgIpc) is 2.05. The van der Waals surface area contributed by atoms with Crippen molar-refractivity contribution < 1.29 is 9.59 Å². The maximum atomic E-state index is 10.9. The van der Waals surface area contributed by atoms with E-state index in [0.717, 1.165) is 0 Å². The predicted octanol–water partition coefficient (Wildman–Crippen LogP) is 2.80. The van der Waals surface area contributed by atoms with E-state index in [-0.39, 0.29) is 11.6 Å². The summed E-state index contributed by atoms with van der Waals surface area (Å²) in [6.07, 6.45) is 2.75. The molecule has 1 rings (SSSR count). The highest BCUT2D eigenvalue weighted by molar-refractivity contribution is 15.0. The lowest BCUT2D eigenvalue weighted by molar-refractivity contribution is -0.115. The Labute approximate surface area is 94.8 Å². The Bertz CT molecular complexity index is 236. The summed E-state index contributed by atoms with van der Waals surface area (Å²) in [5.74, 6) is -0.116. The van der Waals surface area contributed by atoms with Crippen molar-refractivity contribution in [3.8, 4) is 0 Å². The number of carbonyl (C=O) groups excluding carboxylic acids is 2. The van der Waals surface area contributed by atoms with Crippen LogP contribution in [0.5, 0.6) is 0 Å². The summed E-state index contributed by atoms with van der Waals surface area (Å²) in [7, 11) is 0. The number of ketones is 2. The Morgan fingerprint density at radius 1 is 0.917 bits per heavy atom. The smallest absolute Gasteiger partial charge is 0.182 e. The zero-order chi connectivity index (χ0) is 9.72. The van der Waals surface area contributed by atoms with E-state index >= 15 is 0 Å². The van der Waals surface area contributed by atoms with E-state index in [1.165, 1.54) is 12.2 Å². The maximum absolute atomic E-state index is 10.9. The molecular formula is C8H8I2O2. The van der Waals surface area contributed by atoms with Crippen molar-refractivity contribution in [1.29, 1.82) is 0 Å². The second-order valence-corrected chi connectivity index (χ2v) is 2.38. The van der Waals surface area contributed by atoms with Crippen molar-refractivity contribution in [3.05, 3.63) is 23.3 Å². The van der Waals surface area contributed by atoms with Gasteiger partial charge in [0, 0.05) is 48.4 Å². The van der Waals surface area contributed by atoms with Gasteiger partial charge in [-0.1, -0.05) is 0 Å². The molecule has 0 saturated heterocycles. The van der Waals surface area contributed by atoms with Crippen molar-refractivity contribution in [1.82, 2.24) is 0 Å². The van der Waals surface area contributed by atoms with Crippen LogP contribution in [-0.4, -0.2) is 11.6 Å². The van der Waals surface area contributed by atoms with E-state index in [0.29, 0.717) is 11.1 Å². The van der Waals surface area contributed by atoms with Crippen molar-refractivity contribution in [3.63, 3.8) is 0 Å². The Hall–Kier alpha value is 0.280. The number of carbonyl (C=O) groups is 2. The fourth-order valence-corrected chi connectivity index (χ4v) is 0.763. The van der Waals surface area contributed by atoms with E-state index in [9.17, 15) is 9.59 Å². The molecule has 0 N–H and O–H groups in total. The molecule has 0 aliphatic heterocycles. The quantitative estimate of drug-likeness (QED) is 0.471. The molecule has 0 unspecified atom stereocenters. The molecule has 0 aromatic carbocycles. The molecule has 2 nitrogen and oxygen atoms in total. The standard InChI is InChI=1S/C8H8O2.I2/c1-5-3-8(10)6(2)4-7(5)9;1-2/h3-4H,1-2H3;. The van der Waals surface area contributed by atoms with Crippen LogP contribution in [0.25, 0.3) is 0 Å². The summed E-state index contributed by atoms with van der Waals surface area (Å²) in [5.41, 5.74) is 1.05. The summed E-state index contributed by atoms with van der Waals surface area (Å²) in [6, 6.07) is 0. The van der Waals surface area contributed by atoms with Gasteiger partial charge in [0.15, 0.2) is 11.6 Å². The van der Waals surface area contributed by atoms with Crippen LogP contribution in [0.15, 0.2) is 23.3 Å². The molecule has 1 aliphatic rings. The van der Waals surface area contributed by atoms with Gasteiger partial charge in [-0.2, -0.15) is 0 Å². The van der Waals surface area contributed by atoms with E-state index in [4.69, 9.17) is 0 Å². The van der Waals surface area contributed by atoms with E-state index in [2.05, 4.69) is 37.2 Å². The molecule has 0 aromatic heterocycles. The van der Waals surface area contributed by atoms with Crippen molar-refractivity contribution in [2.45, 2.75) is 13.8 Å². The van der Waals surface area contributed by atoms with Crippen LogP contribution < -0.4 is 0 Å². The van der Waals surface area contributed by atoms with Crippen molar-refractivity contribution in [2.75, 3.05) is 0 Å². The second-order valence-electron chi connectivity index (χ2n) is 2.38. The van der Waals surface area contributed by atoms with Crippen LogP contribution in [0.4, 0.5) is 0 Å². The number of allylic oxidation sites excluding steroid dienone is 4. The first kappa shape index (κ1) is 12.3. The first-order chi connectivity index (χ1) is 5.61. The van der Waals surface area contributed by atoms with Crippen LogP contribution in [0.1, 0.15) is 13.8 Å². The normalized spacial score (nSPS) is 16.0. The molecule has 0 bridgehead atoms. The highest BCUT2D eigenvalue weighted by Gasteiger charge is 2.12. The first-order valence-corrected chi connectivity index (χ1v) is 9.49. The largest absolute Gasteiger partial charge is 0.290 e. The third-order valence-electron chi connectivity index (χ3n) is 1.47. The van der Waals surface area contributed by atoms with Crippen LogP contribution in [0, 0.1) is 0 Å². The molecule has 0 saturated carbocycles. The molecule has 0 aromatic rings. The van der Waals surface area contributed by atoms with Crippen molar-refractivity contribution >= 4 is 48.8 Å². The first-order valence-electron chi connectivity index (χ1n) is 3.21. The summed E-state index contributed by atoms with van der Waals surface area (Å²) < 4.78 is 0. The topological polar surface area (TPSA) is 34.1 Å². The molecule has 0 atom stereocenters. The fourth-order valence-electron chi connectivity index (χ4n) is 0.763. The Morgan fingerprint density at radius 2 is 1.17 bits per heavy atom. The van der Waals surface area contributed by atoms with Crippen LogP contribution in [0.2, 0.25) is 0 Å². The summed E-state index contributed by atoms with van der Waals surface area (Å²) in [5, 5.41) is 0. The van der Waals surface area contributed by atoms with Crippen LogP contribution >= 0.6 is 37.2 Å². The van der Waals surface area contributed by atoms with Gasteiger partial charge in [0.25, 0.3) is 0 Å². The Balaban J connectivity index is 0.000000561. The van der Waals surface area contributed by atoms with Gasteiger partial charge in [0.05, 0.1) is 0 Å². The number of hydrogen-bond acceptors (Lipinski definition) is 2. The lowest BCUT2D eigenvalue weighted by Gasteiger charge is -2.03. The fraction of sp³-hybridized carbons (Fsp3) is 0.250. The van der Waals surface area contributed by atoms with Crippen molar-refractivity contribution in [2.24, 2.45) is 0 Å². The summed E-state index contributed by atoms with van der Waals surface area (Å²) >= 11 is 4.24. The monoisotopic (exact) mass is 390 g/mol. The van der Waals surface area contributed by atoms with Crippen LogP contribution in [0.3, 0.4) is 0 Å². The number of halogens is 2. The minimum atomic E-state index is -0.0582. The third-order valence-corrected chi connectivity index (χ3v) is 1.47. The average molecular weight is 390 g/mol. The van der Waals surface area contributed by atoms with Gasteiger partial charge < -0.3 is 0 Å². The Morgan fingerprint density at radius 3 is 1.42 bits per heavy atom. The van der Waals surface area contributed by atoms with Gasteiger partial charge in [0.2, 0.25) is 0 Å². The molecule has 4 heteroatoms. The summed E-state index contributed by atoms with van der Waals surface area (Å²) in [4.78, 5) is 21.7. The SMILES string of the molecule is CC1=CC(=O)C(C)=CC1=O.II. The predicted molar refractivity (Wildman–Crippen MR) is 65.6 cm³/mol. The third kappa shape index (κ3) is 3.34. The molecule has 0 radical (unpaired) electrons. The van der Waals surface area contributed by atoms with Gasteiger partial charge in [-0.3, -0.25) is 9.59 Å². The van der Waals surface area contributed by atoms with E-state index in [1.807, 2.05) is 0 Å². The van der Waals surface area contributed by atoms with Gasteiger partial charge in [-0.25, -0.2) is 0 Å². The Kier molecular flexibility index (Phi) is 5.98. The number of rotatable bonds is 0. The molecule has 12 heavy (non-hydrogen) atoms. The molecule has 0 heterocycles.